The Kier molecular flexibility index (Phi) is 4.76. The molecule has 1 aromatic carbocycles. The molecule has 2 rings (SSSR count). The van der Waals surface area contributed by atoms with E-state index >= 15 is 0 Å². The molecule has 0 unspecified atom stereocenters. The third-order valence-corrected chi connectivity index (χ3v) is 2.92. The highest BCUT2D eigenvalue weighted by atomic mass is 35.5. The number of hydrogen-bond acceptors (Lipinski definition) is 5. The summed E-state index contributed by atoms with van der Waals surface area (Å²) >= 11 is 6.09. The number of hydrogen-bond donors (Lipinski definition) is 0. The van der Waals surface area contributed by atoms with Crippen molar-refractivity contribution in [1.29, 1.82) is 0 Å². The van der Waals surface area contributed by atoms with Gasteiger partial charge in [-0.05, 0) is 19.1 Å². The van der Waals surface area contributed by atoms with Crippen LogP contribution in [0.15, 0.2) is 35.1 Å². The number of benzene rings is 1. The van der Waals surface area contributed by atoms with Crippen molar-refractivity contribution < 1.29 is 18.7 Å². The average Bonchev–Trinajstić information content (AvgIpc) is 2.88. The molecule has 1 heterocycles. The molecule has 0 saturated heterocycles. The minimum absolute atomic E-state index is 0.0982. The van der Waals surface area contributed by atoms with E-state index in [1.165, 1.54) is 13.5 Å². The molecule has 0 aliphatic carbocycles. The number of nitrogens with zero attached hydrogens (tertiary/aromatic N) is 1. The van der Waals surface area contributed by atoms with Crippen molar-refractivity contribution in [2.75, 3.05) is 13.7 Å². The zero-order valence-electron chi connectivity index (χ0n) is 11.1. The van der Waals surface area contributed by atoms with Gasteiger partial charge in [0, 0.05) is 12.7 Å². The van der Waals surface area contributed by atoms with Gasteiger partial charge < -0.3 is 13.9 Å². The fraction of sp³-hybridized carbons (Fsp3) is 0.286. The average molecular weight is 296 g/mol. The number of oxazole rings is 1. The first-order valence-electron chi connectivity index (χ1n) is 6.01. The van der Waals surface area contributed by atoms with E-state index in [1.807, 2.05) is 0 Å². The number of methoxy groups -OCH3 is 1. The number of rotatable bonds is 5. The topological polar surface area (TPSA) is 61.6 Å². The molecular formula is C14H14ClNO4. The van der Waals surface area contributed by atoms with Gasteiger partial charge in [-0.2, -0.15) is 0 Å². The van der Waals surface area contributed by atoms with E-state index in [2.05, 4.69) is 4.98 Å². The lowest BCUT2D eigenvalue weighted by Crippen LogP contribution is -2.20. The molecule has 0 amide bonds. The second kappa shape index (κ2) is 6.54. The zero-order chi connectivity index (χ0) is 14.5. The number of carbonyl (C=O) groups is 1. The normalized spacial score (nSPS) is 12.2. The van der Waals surface area contributed by atoms with Gasteiger partial charge in [-0.3, -0.25) is 0 Å². The van der Waals surface area contributed by atoms with E-state index in [4.69, 9.17) is 25.5 Å². The Morgan fingerprint density at radius 1 is 1.45 bits per heavy atom. The third kappa shape index (κ3) is 3.18. The molecule has 20 heavy (non-hydrogen) atoms. The maximum atomic E-state index is 12.1. The Bertz CT molecular complexity index is 596. The van der Waals surface area contributed by atoms with Crippen molar-refractivity contribution in [1.82, 2.24) is 4.98 Å². The highest BCUT2D eigenvalue weighted by Crippen LogP contribution is 2.30. The maximum absolute atomic E-state index is 12.1. The monoisotopic (exact) mass is 295 g/mol. The molecule has 1 atom stereocenters. The number of aromatic nitrogens is 1. The van der Waals surface area contributed by atoms with Gasteiger partial charge >= 0.3 is 5.97 Å². The highest BCUT2D eigenvalue weighted by molar-refractivity contribution is 6.33. The molecule has 0 N–H and O–H groups in total. The van der Waals surface area contributed by atoms with Gasteiger partial charge in [-0.15, -0.1) is 0 Å². The summed E-state index contributed by atoms with van der Waals surface area (Å²) in [5.74, 6) is -0.275. The summed E-state index contributed by atoms with van der Waals surface area (Å²) in [5, 5.41) is 0.475. The fourth-order valence-corrected chi connectivity index (χ4v) is 1.96. The van der Waals surface area contributed by atoms with Crippen LogP contribution in [0.1, 0.15) is 17.4 Å². The summed E-state index contributed by atoms with van der Waals surface area (Å²) in [4.78, 5) is 16.0. The second-order valence-electron chi connectivity index (χ2n) is 4.18. The maximum Gasteiger partial charge on any atom is 0.361 e. The minimum atomic E-state index is -0.571. The van der Waals surface area contributed by atoms with Gasteiger partial charge in [0.2, 0.25) is 0 Å². The van der Waals surface area contributed by atoms with E-state index in [0.717, 1.165) is 0 Å². The number of halogens is 1. The lowest BCUT2D eigenvalue weighted by molar-refractivity contribution is 0.0115. The quantitative estimate of drug-likeness (QED) is 0.793. The van der Waals surface area contributed by atoms with Gasteiger partial charge in [0.25, 0.3) is 0 Å². The van der Waals surface area contributed by atoms with E-state index < -0.39 is 5.97 Å². The van der Waals surface area contributed by atoms with Crippen LogP contribution < -0.4 is 0 Å². The molecule has 1 aromatic heterocycles. The molecule has 6 heteroatoms. The van der Waals surface area contributed by atoms with Crippen LogP contribution in [-0.4, -0.2) is 30.8 Å². The lowest BCUT2D eigenvalue weighted by Gasteiger charge is -2.11. The van der Waals surface area contributed by atoms with Crippen LogP contribution >= 0.6 is 11.6 Å². The van der Waals surface area contributed by atoms with Crippen molar-refractivity contribution in [3.05, 3.63) is 41.4 Å². The third-order valence-electron chi connectivity index (χ3n) is 2.59. The van der Waals surface area contributed by atoms with Crippen LogP contribution in [0.3, 0.4) is 0 Å². The van der Waals surface area contributed by atoms with Crippen LogP contribution in [0.25, 0.3) is 11.3 Å². The van der Waals surface area contributed by atoms with E-state index in [-0.39, 0.29) is 11.8 Å². The highest BCUT2D eigenvalue weighted by Gasteiger charge is 2.22. The smallest absolute Gasteiger partial charge is 0.361 e. The Hall–Kier alpha value is -1.85. The SMILES string of the molecule is COC[C@H](C)OC(=O)c1ncoc1-c1ccccc1Cl. The molecular weight excluding hydrogens is 282 g/mol. The largest absolute Gasteiger partial charge is 0.455 e. The Morgan fingerprint density at radius 3 is 2.90 bits per heavy atom. The molecule has 0 radical (unpaired) electrons. The molecule has 0 saturated carbocycles. The number of esters is 1. The van der Waals surface area contributed by atoms with E-state index in [9.17, 15) is 4.79 Å². The summed E-state index contributed by atoms with van der Waals surface area (Å²) in [5.41, 5.74) is 0.694. The second-order valence-corrected chi connectivity index (χ2v) is 4.59. The lowest BCUT2D eigenvalue weighted by atomic mass is 10.1. The van der Waals surface area contributed by atoms with Gasteiger partial charge in [-0.1, -0.05) is 23.7 Å². The molecule has 0 spiro atoms. The van der Waals surface area contributed by atoms with Crippen LogP contribution in [0.5, 0.6) is 0 Å². The predicted molar refractivity (Wildman–Crippen MR) is 73.7 cm³/mol. The molecule has 0 bridgehead atoms. The van der Waals surface area contributed by atoms with Crippen molar-refractivity contribution in [3.63, 3.8) is 0 Å². The Labute approximate surface area is 121 Å². The minimum Gasteiger partial charge on any atom is -0.455 e. The van der Waals surface area contributed by atoms with Crippen LogP contribution in [0.2, 0.25) is 5.02 Å². The molecule has 0 aliphatic rings. The van der Waals surface area contributed by atoms with Crippen LogP contribution in [0.4, 0.5) is 0 Å². The van der Waals surface area contributed by atoms with E-state index in [0.29, 0.717) is 23.0 Å². The first-order valence-corrected chi connectivity index (χ1v) is 6.39. The van der Waals surface area contributed by atoms with Gasteiger partial charge in [-0.25, -0.2) is 9.78 Å². The van der Waals surface area contributed by atoms with Gasteiger partial charge in [0.05, 0.1) is 11.6 Å². The van der Waals surface area contributed by atoms with E-state index in [1.54, 1.807) is 31.2 Å². The number of ether oxygens (including phenoxy) is 2. The number of carbonyl (C=O) groups excluding carboxylic acids is 1. The molecule has 106 valence electrons. The summed E-state index contributed by atoms with van der Waals surface area (Å²) in [6.07, 6.45) is 0.819. The standard InChI is InChI=1S/C14H14ClNO4/c1-9(7-18-2)20-14(17)12-13(19-8-16-12)10-5-3-4-6-11(10)15/h3-6,8-9H,7H2,1-2H3/t9-/m0/s1. The summed E-state index contributed by atoms with van der Waals surface area (Å²) in [6, 6.07) is 7.05. The summed E-state index contributed by atoms with van der Waals surface area (Å²) < 4.78 is 15.4. The van der Waals surface area contributed by atoms with Gasteiger partial charge in [0.15, 0.2) is 17.8 Å². The summed E-state index contributed by atoms with van der Waals surface area (Å²) in [7, 11) is 1.54. The Morgan fingerprint density at radius 2 is 2.20 bits per heavy atom. The van der Waals surface area contributed by atoms with Crippen molar-refractivity contribution in [2.45, 2.75) is 13.0 Å². The van der Waals surface area contributed by atoms with Crippen molar-refractivity contribution in [2.24, 2.45) is 0 Å². The molecule has 0 aliphatic heterocycles. The Balaban J connectivity index is 2.25. The predicted octanol–water partition coefficient (Wildman–Crippen LogP) is 3.19. The summed E-state index contributed by atoms with van der Waals surface area (Å²) in [6.45, 7) is 2.04. The van der Waals surface area contributed by atoms with Gasteiger partial charge in [0.1, 0.15) is 6.10 Å². The first-order chi connectivity index (χ1) is 9.63. The van der Waals surface area contributed by atoms with Crippen LogP contribution in [0, 0.1) is 0 Å². The van der Waals surface area contributed by atoms with Crippen molar-refractivity contribution >= 4 is 17.6 Å². The van der Waals surface area contributed by atoms with Crippen LogP contribution in [-0.2, 0) is 9.47 Å². The molecule has 2 aromatic rings. The molecule has 0 fully saturated rings. The van der Waals surface area contributed by atoms with Crippen molar-refractivity contribution in [3.8, 4) is 11.3 Å². The molecule has 5 nitrogen and oxygen atoms in total. The first kappa shape index (κ1) is 14.6. The zero-order valence-corrected chi connectivity index (χ0v) is 11.9. The fourth-order valence-electron chi connectivity index (χ4n) is 1.74.